The van der Waals surface area contributed by atoms with Gasteiger partial charge in [-0.25, -0.2) is 22.0 Å². The van der Waals surface area contributed by atoms with Crippen LogP contribution in [0.3, 0.4) is 0 Å². The Balaban J connectivity index is 1.95. The molecule has 0 bridgehead atoms. The van der Waals surface area contributed by atoms with E-state index in [4.69, 9.17) is 14.6 Å². The fraction of sp³-hybridized carbons (Fsp3) is 0.200. The summed E-state index contributed by atoms with van der Waals surface area (Å²) in [6.45, 7) is 2.30. The lowest BCUT2D eigenvalue weighted by molar-refractivity contribution is 0.171. The summed E-state index contributed by atoms with van der Waals surface area (Å²) >= 11 is 0. The molecule has 0 saturated carbocycles. The zero-order valence-electron chi connectivity index (χ0n) is 13.2. The lowest BCUT2D eigenvalue weighted by atomic mass is 10.2. The number of sulfonamides is 2. The molecule has 0 fully saturated rings. The maximum Gasteiger partial charge on any atom is 0.262 e. The number of anilines is 1. The number of aryl methyl sites for hydroxylation is 1. The summed E-state index contributed by atoms with van der Waals surface area (Å²) < 4.78 is 61.3. The molecular formula is C15H16N2O6S2. The summed E-state index contributed by atoms with van der Waals surface area (Å²) in [7, 11) is -7.90. The van der Waals surface area contributed by atoms with Gasteiger partial charge in [-0.05, 0) is 36.8 Å². The summed E-state index contributed by atoms with van der Waals surface area (Å²) in [4.78, 5) is -0.177. The van der Waals surface area contributed by atoms with Crippen LogP contribution in [-0.4, -0.2) is 30.0 Å². The van der Waals surface area contributed by atoms with Crippen molar-refractivity contribution in [3.8, 4) is 11.5 Å². The van der Waals surface area contributed by atoms with E-state index in [-0.39, 0.29) is 15.5 Å². The standard InChI is InChI=1S/C15H16N2O6S2/c1-10-2-3-11(8-15(10)24(16,18)19)17-25(20,21)12-4-5-13-14(9-12)23-7-6-22-13/h2-5,8-9,17H,6-7H2,1H3,(H2,16,18,19). The molecule has 25 heavy (non-hydrogen) atoms. The molecule has 3 rings (SSSR count). The van der Waals surface area contributed by atoms with Gasteiger partial charge in [-0.2, -0.15) is 0 Å². The molecule has 0 atom stereocenters. The van der Waals surface area contributed by atoms with Gasteiger partial charge in [-0.3, -0.25) is 4.72 Å². The second-order valence-electron chi connectivity index (χ2n) is 5.44. The summed E-state index contributed by atoms with van der Waals surface area (Å²) in [6, 6.07) is 8.35. The van der Waals surface area contributed by atoms with Crippen molar-refractivity contribution >= 4 is 25.7 Å². The predicted octanol–water partition coefficient (Wildman–Crippen LogP) is 1.21. The van der Waals surface area contributed by atoms with Crippen molar-refractivity contribution in [2.75, 3.05) is 17.9 Å². The van der Waals surface area contributed by atoms with E-state index in [9.17, 15) is 16.8 Å². The van der Waals surface area contributed by atoms with Crippen molar-refractivity contribution in [3.63, 3.8) is 0 Å². The number of ether oxygens (including phenoxy) is 2. The topological polar surface area (TPSA) is 125 Å². The summed E-state index contributed by atoms with van der Waals surface area (Å²) in [5.74, 6) is 0.806. The third kappa shape index (κ3) is 3.70. The number of rotatable bonds is 4. The third-order valence-corrected chi connectivity index (χ3v) is 6.00. The Morgan fingerprint density at radius 3 is 2.32 bits per heavy atom. The van der Waals surface area contributed by atoms with Crippen LogP contribution in [0.1, 0.15) is 5.56 Å². The summed E-state index contributed by atoms with van der Waals surface area (Å²) in [6.07, 6.45) is 0. The maximum atomic E-state index is 12.5. The first kappa shape index (κ1) is 17.5. The molecule has 0 aliphatic carbocycles. The Hall–Kier alpha value is -2.30. The van der Waals surface area contributed by atoms with Gasteiger partial charge < -0.3 is 9.47 Å². The van der Waals surface area contributed by atoms with Crippen molar-refractivity contribution in [1.82, 2.24) is 0 Å². The van der Waals surface area contributed by atoms with E-state index in [1.807, 2.05) is 0 Å². The first-order valence-corrected chi connectivity index (χ1v) is 10.3. The molecule has 0 spiro atoms. The third-order valence-electron chi connectivity index (χ3n) is 3.57. The van der Waals surface area contributed by atoms with Crippen LogP contribution in [0.2, 0.25) is 0 Å². The fourth-order valence-corrected chi connectivity index (χ4v) is 4.25. The highest BCUT2D eigenvalue weighted by Gasteiger charge is 2.20. The SMILES string of the molecule is Cc1ccc(NS(=O)(=O)c2ccc3c(c2)OCCO3)cc1S(N)(=O)=O. The molecule has 0 radical (unpaired) electrons. The van der Waals surface area contributed by atoms with E-state index in [0.29, 0.717) is 30.3 Å². The normalized spacial score (nSPS) is 14.2. The molecule has 0 saturated heterocycles. The molecule has 0 aromatic heterocycles. The van der Waals surface area contributed by atoms with Gasteiger partial charge in [0, 0.05) is 6.07 Å². The van der Waals surface area contributed by atoms with Crippen molar-refractivity contribution in [2.24, 2.45) is 5.14 Å². The summed E-state index contributed by atoms with van der Waals surface area (Å²) in [5.41, 5.74) is 0.509. The van der Waals surface area contributed by atoms with Crippen LogP contribution < -0.4 is 19.3 Å². The fourth-order valence-electron chi connectivity index (χ4n) is 2.38. The Bertz CT molecular complexity index is 1030. The average Bonchev–Trinajstić information content (AvgIpc) is 2.55. The van der Waals surface area contributed by atoms with Gasteiger partial charge in [0.25, 0.3) is 10.0 Å². The van der Waals surface area contributed by atoms with Crippen molar-refractivity contribution < 1.29 is 26.3 Å². The van der Waals surface area contributed by atoms with Crippen LogP contribution in [0.5, 0.6) is 11.5 Å². The number of hydrogen-bond acceptors (Lipinski definition) is 6. The molecule has 1 aliphatic heterocycles. The molecule has 10 heteroatoms. The molecule has 1 aliphatic rings. The second-order valence-corrected chi connectivity index (χ2v) is 8.65. The van der Waals surface area contributed by atoms with E-state index in [2.05, 4.69) is 4.72 Å². The smallest absolute Gasteiger partial charge is 0.262 e. The molecule has 8 nitrogen and oxygen atoms in total. The molecule has 2 aromatic carbocycles. The number of nitrogens with two attached hydrogens (primary N) is 1. The molecule has 1 heterocycles. The van der Waals surface area contributed by atoms with Crippen molar-refractivity contribution in [3.05, 3.63) is 42.0 Å². The minimum Gasteiger partial charge on any atom is -0.486 e. The van der Waals surface area contributed by atoms with Gasteiger partial charge in [-0.15, -0.1) is 0 Å². The largest absolute Gasteiger partial charge is 0.486 e. The minimum absolute atomic E-state index is 0.0329. The van der Waals surface area contributed by atoms with Gasteiger partial charge >= 0.3 is 0 Å². The number of benzene rings is 2. The number of primary sulfonamides is 1. The Labute approximate surface area is 145 Å². The molecule has 0 unspecified atom stereocenters. The lowest BCUT2D eigenvalue weighted by Gasteiger charge is -2.19. The van der Waals surface area contributed by atoms with E-state index in [0.717, 1.165) is 0 Å². The first-order chi connectivity index (χ1) is 11.7. The van der Waals surface area contributed by atoms with Crippen LogP contribution in [0.15, 0.2) is 46.2 Å². The van der Waals surface area contributed by atoms with Crippen molar-refractivity contribution in [2.45, 2.75) is 16.7 Å². The molecule has 0 amide bonds. The van der Waals surface area contributed by atoms with Crippen LogP contribution in [-0.2, 0) is 20.0 Å². The highest BCUT2D eigenvalue weighted by molar-refractivity contribution is 7.92. The Morgan fingerprint density at radius 2 is 1.64 bits per heavy atom. The first-order valence-electron chi connectivity index (χ1n) is 7.23. The highest BCUT2D eigenvalue weighted by atomic mass is 32.2. The van der Waals surface area contributed by atoms with E-state index in [1.54, 1.807) is 6.92 Å². The Morgan fingerprint density at radius 1 is 0.960 bits per heavy atom. The molecule has 134 valence electrons. The maximum absolute atomic E-state index is 12.5. The van der Waals surface area contributed by atoms with Gasteiger partial charge in [-0.1, -0.05) is 6.07 Å². The van der Waals surface area contributed by atoms with Crippen LogP contribution in [0.25, 0.3) is 0 Å². The molecule has 2 aromatic rings. The number of hydrogen-bond donors (Lipinski definition) is 2. The molecule has 3 N–H and O–H groups in total. The number of fused-ring (bicyclic) bond motifs is 1. The van der Waals surface area contributed by atoms with E-state index >= 15 is 0 Å². The summed E-state index contributed by atoms with van der Waals surface area (Å²) in [5, 5.41) is 5.14. The minimum atomic E-state index is -3.96. The predicted molar refractivity (Wildman–Crippen MR) is 90.8 cm³/mol. The van der Waals surface area contributed by atoms with Gasteiger partial charge in [0.1, 0.15) is 13.2 Å². The lowest BCUT2D eigenvalue weighted by Crippen LogP contribution is -2.18. The van der Waals surface area contributed by atoms with Crippen LogP contribution in [0, 0.1) is 6.92 Å². The van der Waals surface area contributed by atoms with Gasteiger partial charge in [0.2, 0.25) is 10.0 Å². The van der Waals surface area contributed by atoms with E-state index < -0.39 is 20.0 Å². The van der Waals surface area contributed by atoms with Crippen molar-refractivity contribution in [1.29, 1.82) is 0 Å². The zero-order valence-corrected chi connectivity index (χ0v) is 14.9. The van der Waals surface area contributed by atoms with Crippen LogP contribution in [0.4, 0.5) is 5.69 Å². The number of nitrogens with one attached hydrogen (secondary N) is 1. The van der Waals surface area contributed by atoms with Crippen LogP contribution >= 0.6 is 0 Å². The second kappa shape index (κ2) is 6.21. The quantitative estimate of drug-likeness (QED) is 0.816. The Kier molecular flexibility index (Phi) is 4.35. The highest BCUT2D eigenvalue weighted by Crippen LogP contribution is 2.33. The molecular weight excluding hydrogens is 368 g/mol. The average molecular weight is 384 g/mol. The van der Waals surface area contributed by atoms with Gasteiger partial charge in [0.15, 0.2) is 11.5 Å². The monoisotopic (exact) mass is 384 g/mol. The zero-order chi connectivity index (χ0) is 18.2. The van der Waals surface area contributed by atoms with Gasteiger partial charge in [0.05, 0.1) is 15.5 Å². The van der Waals surface area contributed by atoms with E-state index in [1.165, 1.54) is 36.4 Å².